The van der Waals surface area contributed by atoms with Crippen LogP contribution in [0.4, 0.5) is 0 Å². The van der Waals surface area contributed by atoms with Crippen LogP contribution in [0.15, 0.2) is 23.0 Å². The zero-order valence-corrected chi connectivity index (χ0v) is 20.4. The topological polar surface area (TPSA) is 104 Å². The average Bonchev–Trinajstić information content (AvgIpc) is 3.14. The Morgan fingerprint density at radius 1 is 1.11 bits per heavy atom. The Morgan fingerprint density at radius 3 is 2.63 bits per heavy atom. The first-order valence-electron chi connectivity index (χ1n) is 13.3. The van der Waals surface area contributed by atoms with Crippen molar-refractivity contribution < 1.29 is 19.4 Å². The predicted octanol–water partition coefficient (Wildman–Crippen LogP) is 0.757. The smallest absolute Gasteiger partial charge is 0.250 e. The quantitative estimate of drug-likeness (QED) is 0.552. The SMILES string of the molecule is O=C(NCCCN1CCOCC1)[C@@H]1[C@@H](CO)[C@@H]2Cn3c(cccc3=O)[C@H]1N2C(=O)C1CCCCC1. The van der Waals surface area contributed by atoms with Crippen LogP contribution in [0.25, 0.3) is 0 Å². The number of aromatic nitrogens is 1. The van der Waals surface area contributed by atoms with Crippen LogP contribution in [0.1, 0.15) is 50.3 Å². The lowest BCUT2D eigenvalue weighted by Gasteiger charge is -2.40. The molecule has 1 aromatic rings. The number of ether oxygens (including phenoxy) is 1. The summed E-state index contributed by atoms with van der Waals surface area (Å²) in [4.78, 5) is 44.2. The summed E-state index contributed by atoms with van der Waals surface area (Å²) >= 11 is 0. The normalized spacial score (nSPS) is 29.1. The molecule has 4 atom stereocenters. The maximum Gasteiger partial charge on any atom is 0.250 e. The highest BCUT2D eigenvalue weighted by atomic mass is 16.5. The highest BCUT2D eigenvalue weighted by Crippen LogP contribution is 2.49. The molecule has 1 saturated carbocycles. The number of hydrogen-bond donors (Lipinski definition) is 2. The Hall–Kier alpha value is -2.23. The van der Waals surface area contributed by atoms with Gasteiger partial charge in [0, 0.05) is 56.4 Å². The van der Waals surface area contributed by atoms with E-state index >= 15 is 0 Å². The van der Waals surface area contributed by atoms with E-state index in [9.17, 15) is 19.5 Å². The van der Waals surface area contributed by atoms with Crippen molar-refractivity contribution in [2.75, 3.05) is 46.0 Å². The number of aliphatic hydroxyl groups is 1. The Kier molecular flexibility index (Phi) is 7.55. The van der Waals surface area contributed by atoms with E-state index in [4.69, 9.17) is 4.74 Å². The lowest BCUT2D eigenvalue weighted by molar-refractivity contribution is -0.142. The van der Waals surface area contributed by atoms with Crippen molar-refractivity contribution in [1.82, 2.24) is 19.7 Å². The number of carbonyl (C=O) groups excluding carboxylic acids is 2. The van der Waals surface area contributed by atoms with Gasteiger partial charge < -0.3 is 24.6 Å². The summed E-state index contributed by atoms with van der Waals surface area (Å²) < 4.78 is 7.10. The summed E-state index contributed by atoms with van der Waals surface area (Å²) in [7, 11) is 0. The molecular formula is C26H38N4O5. The Bertz CT molecular complexity index is 969. The first-order valence-corrected chi connectivity index (χ1v) is 13.3. The fourth-order valence-electron chi connectivity index (χ4n) is 6.68. The van der Waals surface area contributed by atoms with Gasteiger partial charge >= 0.3 is 0 Å². The number of aliphatic hydroxyl groups excluding tert-OH is 1. The van der Waals surface area contributed by atoms with Crippen molar-refractivity contribution >= 4 is 11.8 Å². The minimum atomic E-state index is -0.573. The third kappa shape index (κ3) is 4.78. The molecule has 192 valence electrons. The fraction of sp³-hybridized carbons (Fsp3) is 0.731. The molecule has 0 aromatic carbocycles. The molecule has 0 unspecified atom stereocenters. The molecule has 9 nitrogen and oxygen atoms in total. The summed E-state index contributed by atoms with van der Waals surface area (Å²) in [5.41, 5.74) is 0.591. The van der Waals surface area contributed by atoms with Gasteiger partial charge in [0.2, 0.25) is 11.8 Å². The predicted molar refractivity (Wildman–Crippen MR) is 130 cm³/mol. The molecule has 4 heterocycles. The van der Waals surface area contributed by atoms with Crippen LogP contribution in [-0.4, -0.2) is 83.3 Å². The first-order chi connectivity index (χ1) is 17.1. The number of carbonyl (C=O) groups is 2. The van der Waals surface area contributed by atoms with Gasteiger partial charge in [0.1, 0.15) is 0 Å². The highest BCUT2D eigenvalue weighted by Gasteiger charge is 2.57. The molecule has 2 saturated heterocycles. The number of nitrogens with one attached hydrogen (secondary N) is 1. The van der Waals surface area contributed by atoms with Gasteiger partial charge in [0.15, 0.2) is 0 Å². The summed E-state index contributed by atoms with van der Waals surface area (Å²) in [5, 5.41) is 13.5. The molecular weight excluding hydrogens is 448 g/mol. The number of nitrogens with zero attached hydrogens (tertiary/aromatic N) is 3. The van der Waals surface area contributed by atoms with Gasteiger partial charge in [-0.25, -0.2) is 0 Å². The molecule has 1 aromatic heterocycles. The number of morpholine rings is 1. The maximum atomic E-state index is 13.8. The molecule has 9 heteroatoms. The lowest BCUT2D eigenvalue weighted by atomic mass is 9.86. The molecule has 2 bridgehead atoms. The van der Waals surface area contributed by atoms with Gasteiger partial charge in [0.25, 0.3) is 5.56 Å². The Labute approximate surface area is 206 Å². The molecule has 35 heavy (non-hydrogen) atoms. The third-order valence-electron chi connectivity index (χ3n) is 8.49. The average molecular weight is 487 g/mol. The van der Waals surface area contributed by atoms with Gasteiger partial charge in [-0.05, 0) is 31.9 Å². The molecule has 3 fully saturated rings. The molecule has 5 rings (SSSR count). The summed E-state index contributed by atoms with van der Waals surface area (Å²) in [6.07, 6.45) is 5.83. The fourth-order valence-corrected chi connectivity index (χ4v) is 6.68. The van der Waals surface area contributed by atoms with E-state index in [1.807, 2.05) is 11.0 Å². The van der Waals surface area contributed by atoms with Crippen molar-refractivity contribution in [3.05, 3.63) is 34.2 Å². The van der Waals surface area contributed by atoms with E-state index in [1.165, 1.54) is 6.07 Å². The maximum absolute atomic E-state index is 13.8. The van der Waals surface area contributed by atoms with Crippen LogP contribution in [0.5, 0.6) is 0 Å². The van der Waals surface area contributed by atoms with E-state index in [0.29, 0.717) is 18.8 Å². The van der Waals surface area contributed by atoms with E-state index in [0.717, 1.165) is 71.4 Å². The molecule has 0 spiro atoms. The molecule has 2 amide bonds. The van der Waals surface area contributed by atoms with Crippen LogP contribution < -0.4 is 10.9 Å². The zero-order chi connectivity index (χ0) is 24.4. The van der Waals surface area contributed by atoms with Crippen molar-refractivity contribution in [3.63, 3.8) is 0 Å². The monoisotopic (exact) mass is 486 g/mol. The Morgan fingerprint density at radius 2 is 1.89 bits per heavy atom. The first kappa shape index (κ1) is 24.5. The standard InChI is InChI=1S/C26H38N4O5/c31-17-19-21-16-29-20(8-4-9-22(29)32)24(30(21)26(34)18-6-2-1-3-7-18)23(19)25(33)27-10-5-11-28-12-14-35-15-13-28/h4,8-9,18-19,21,23-24,31H,1-3,5-7,10-17H2,(H,27,33)/t19-,21-,23+,24+/m0/s1. The van der Waals surface area contributed by atoms with E-state index < -0.39 is 17.9 Å². The van der Waals surface area contributed by atoms with Gasteiger partial charge in [-0.15, -0.1) is 0 Å². The number of fused-ring (bicyclic) bond motifs is 4. The second kappa shape index (κ2) is 10.8. The van der Waals surface area contributed by atoms with Gasteiger partial charge in [-0.3, -0.25) is 19.3 Å². The Balaban J connectivity index is 1.36. The largest absolute Gasteiger partial charge is 0.396 e. The molecule has 4 aliphatic rings. The van der Waals surface area contributed by atoms with Gasteiger partial charge in [-0.2, -0.15) is 0 Å². The van der Waals surface area contributed by atoms with E-state index in [-0.39, 0.29) is 35.9 Å². The van der Waals surface area contributed by atoms with Crippen molar-refractivity contribution in [2.24, 2.45) is 17.8 Å². The van der Waals surface area contributed by atoms with Gasteiger partial charge in [0.05, 0.1) is 31.2 Å². The number of hydrogen-bond acceptors (Lipinski definition) is 6. The van der Waals surface area contributed by atoms with Gasteiger partial charge in [-0.1, -0.05) is 25.3 Å². The minimum Gasteiger partial charge on any atom is -0.396 e. The van der Waals surface area contributed by atoms with E-state index in [1.54, 1.807) is 10.6 Å². The van der Waals surface area contributed by atoms with Crippen molar-refractivity contribution in [2.45, 2.75) is 57.2 Å². The van der Waals surface area contributed by atoms with Crippen LogP contribution in [-0.2, 0) is 20.9 Å². The van der Waals surface area contributed by atoms with Crippen LogP contribution in [0.3, 0.4) is 0 Å². The molecule has 0 radical (unpaired) electrons. The molecule has 2 N–H and O–H groups in total. The summed E-state index contributed by atoms with van der Waals surface area (Å²) in [6.45, 7) is 4.90. The number of rotatable bonds is 7. The second-order valence-corrected chi connectivity index (χ2v) is 10.5. The molecule has 3 aliphatic heterocycles. The zero-order valence-electron chi connectivity index (χ0n) is 20.4. The highest BCUT2D eigenvalue weighted by molar-refractivity contribution is 5.85. The minimum absolute atomic E-state index is 0.0367. The van der Waals surface area contributed by atoms with Crippen molar-refractivity contribution in [3.8, 4) is 0 Å². The van der Waals surface area contributed by atoms with Crippen molar-refractivity contribution in [1.29, 1.82) is 0 Å². The van der Waals surface area contributed by atoms with Crippen LogP contribution in [0.2, 0.25) is 0 Å². The third-order valence-corrected chi connectivity index (χ3v) is 8.49. The number of pyridine rings is 1. The summed E-state index contributed by atoms with van der Waals surface area (Å²) in [5.74, 6) is -1.05. The lowest BCUT2D eigenvalue weighted by Crippen LogP contribution is -2.51. The summed E-state index contributed by atoms with van der Waals surface area (Å²) in [6, 6.07) is 4.23. The second-order valence-electron chi connectivity index (χ2n) is 10.5. The van der Waals surface area contributed by atoms with Crippen LogP contribution >= 0.6 is 0 Å². The number of amides is 2. The van der Waals surface area contributed by atoms with E-state index in [2.05, 4.69) is 10.2 Å². The molecule has 1 aliphatic carbocycles. The van der Waals surface area contributed by atoms with Crippen LogP contribution in [0, 0.1) is 17.8 Å².